The van der Waals surface area contributed by atoms with E-state index in [0.29, 0.717) is 18.2 Å². The highest BCUT2D eigenvalue weighted by molar-refractivity contribution is 5.54. The average molecular weight is 261 g/mol. The average Bonchev–Trinajstić information content (AvgIpc) is 2.82. The summed E-state index contributed by atoms with van der Waals surface area (Å²) in [5, 5.41) is 14.3. The van der Waals surface area contributed by atoms with Gasteiger partial charge in [0, 0.05) is 24.3 Å². The van der Waals surface area contributed by atoms with Crippen LogP contribution in [-0.2, 0) is 0 Å². The van der Waals surface area contributed by atoms with E-state index in [9.17, 15) is 5.11 Å². The number of fused-ring (bicyclic) bond motifs is 1. The van der Waals surface area contributed by atoms with Gasteiger partial charge >= 0.3 is 0 Å². The molecule has 2 atom stereocenters. The lowest BCUT2D eigenvalue weighted by atomic mass is 9.96. The van der Waals surface area contributed by atoms with Crippen LogP contribution >= 0.6 is 0 Å². The number of nitrogens with zero attached hydrogens (tertiary/aromatic N) is 5. The van der Waals surface area contributed by atoms with Crippen LogP contribution in [0.1, 0.15) is 24.6 Å². The fraction of sp³-hybridized carbons (Fsp3) is 0.615. The second-order valence-electron chi connectivity index (χ2n) is 5.40. The van der Waals surface area contributed by atoms with Crippen LogP contribution in [0.2, 0.25) is 0 Å². The Morgan fingerprint density at radius 3 is 2.89 bits per heavy atom. The molecule has 0 saturated carbocycles. The van der Waals surface area contributed by atoms with Crippen molar-refractivity contribution in [2.75, 3.05) is 18.0 Å². The van der Waals surface area contributed by atoms with Crippen molar-refractivity contribution in [3.8, 4) is 0 Å². The van der Waals surface area contributed by atoms with Gasteiger partial charge in [0.2, 0.25) is 0 Å². The summed E-state index contributed by atoms with van der Waals surface area (Å²) in [6.45, 7) is 7.69. The van der Waals surface area contributed by atoms with Gasteiger partial charge in [-0.1, -0.05) is 6.92 Å². The Labute approximate surface area is 112 Å². The maximum absolute atomic E-state index is 10.1. The molecule has 6 nitrogen and oxygen atoms in total. The molecule has 19 heavy (non-hydrogen) atoms. The largest absolute Gasteiger partial charge is 0.391 e. The third-order valence-electron chi connectivity index (χ3n) is 4.09. The van der Waals surface area contributed by atoms with Crippen molar-refractivity contribution >= 4 is 11.6 Å². The molecule has 1 aliphatic rings. The Morgan fingerprint density at radius 1 is 1.37 bits per heavy atom. The highest BCUT2D eigenvalue weighted by Crippen LogP contribution is 2.27. The molecule has 1 aliphatic heterocycles. The molecule has 102 valence electrons. The number of hydrogen-bond acceptors (Lipinski definition) is 5. The summed E-state index contributed by atoms with van der Waals surface area (Å²) < 4.78 is 1.77. The minimum atomic E-state index is -0.291. The molecule has 0 spiro atoms. The minimum absolute atomic E-state index is 0.291. The van der Waals surface area contributed by atoms with Crippen LogP contribution in [0.15, 0.2) is 6.33 Å². The Balaban J connectivity index is 2.09. The molecule has 0 amide bonds. The first-order valence-electron chi connectivity index (χ1n) is 6.68. The summed E-state index contributed by atoms with van der Waals surface area (Å²) in [4.78, 5) is 10.8. The minimum Gasteiger partial charge on any atom is -0.391 e. The molecule has 6 heteroatoms. The van der Waals surface area contributed by atoms with Crippen LogP contribution < -0.4 is 4.90 Å². The van der Waals surface area contributed by atoms with Gasteiger partial charge in [0.1, 0.15) is 12.1 Å². The van der Waals surface area contributed by atoms with E-state index in [1.54, 1.807) is 4.52 Å². The van der Waals surface area contributed by atoms with E-state index in [1.807, 2.05) is 13.8 Å². The Kier molecular flexibility index (Phi) is 2.89. The number of anilines is 1. The van der Waals surface area contributed by atoms with Crippen molar-refractivity contribution in [2.45, 2.75) is 33.3 Å². The number of aliphatic hydroxyl groups excluding tert-OH is 1. The van der Waals surface area contributed by atoms with Crippen molar-refractivity contribution in [3.05, 3.63) is 17.6 Å². The third kappa shape index (κ3) is 1.96. The van der Waals surface area contributed by atoms with E-state index < -0.39 is 0 Å². The highest BCUT2D eigenvalue weighted by atomic mass is 16.3. The highest BCUT2D eigenvalue weighted by Gasteiger charge is 2.27. The molecule has 2 aromatic heterocycles. The lowest BCUT2D eigenvalue weighted by Gasteiger charge is -2.36. The van der Waals surface area contributed by atoms with Crippen LogP contribution in [0.4, 0.5) is 5.82 Å². The first-order chi connectivity index (χ1) is 9.08. The standard InChI is InChI=1S/C13H19N5O/c1-8-4-5-17(6-11(8)19)12-9(2)10(3)16-13-14-7-15-18(12)13/h7-8,11,19H,4-6H2,1-3H3. The molecular formula is C13H19N5O. The summed E-state index contributed by atoms with van der Waals surface area (Å²) in [6, 6.07) is 0. The summed E-state index contributed by atoms with van der Waals surface area (Å²) in [5.74, 6) is 1.97. The quantitative estimate of drug-likeness (QED) is 0.828. The fourth-order valence-corrected chi connectivity index (χ4v) is 2.63. The van der Waals surface area contributed by atoms with Gasteiger partial charge in [-0.05, 0) is 26.2 Å². The molecule has 0 aromatic carbocycles. The van der Waals surface area contributed by atoms with Crippen LogP contribution in [0.25, 0.3) is 5.78 Å². The summed E-state index contributed by atoms with van der Waals surface area (Å²) in [7, 11) is 0. The molecule has 1 fully saturated rings. The number of piperidine rings is 1. The van der Waals surface area contributed by atoms with Crippen molar-refractivity contribution in [3.63, 3.8) is 0 Å². The molecule has 0 aliphatic carbocycles. The molecule has 2 unspecified atom stereocenters. The molecule has 0 bridgehead atoms. The summed E-state index contributed by atoms with van der Waals surface area (Å²) >= 11 is 0. The molecule has 1 saturated heterocycles. The SMILES string of the molecule is Cc1nc2ncnn2c(N2CCC(C)C(O)C2)c1C. The van der Waals surface area contributed by atoms with E-state index >= 15 is 0 Å². The third-order valence-corrected chi connectivity index (χ3v) is 4.09. The van der Waals surface area contributed by atoms with Gasteiger partial charge in [0.15, 0.2) is 0 Å². The van der Waals surface area contributed by atoms with E-state index in [-0.39, 0.29) is 6.10 Å². The second kappa shape index (κ2) is 4.45. The molecular weight excluding hydrogens is 242 g/mol. The fourth-order valence-electron chi connectivity index (χ4n) is 2.63. The lowest BCUT2D eigenvalue weighted by Crippen LogP contribution is -2.44. The van der Waals surface area contributed by atoms with Crippen molar-refractivity contribution in [1.82, 2.24) is 19.6 Å². The monoisotopic (exact) mass is 261 g/mol. The van der Waals surface area contributed by atoms with Crippen LogP contribution in [0, 0.1) is 19.8 Å². The Morgan fingerprint density at radius 2 is 2.16 bits per heavy atom. The van der Waals surface area contributed by atoms with E-state index in [0.717, 1.165) is 30.0 Å². The summed E-state index contributed by atoms with van der Waals surface area (Å²) in [6.07, 6.45) is 2.21. The maximum atomic E-state index is 10.1. The van der Waals surface area contributed by atoms with Gasteiger partial charge in [0.05, 0.1) is 6.10 Å². The normalized spacial score (nSPS) is 24.1. The number of aromatic nitrogens is 4. The van der Waals surface area contributed by atoms with Crippen molar-refractivity contribution < 1.29 is 5.11 Å². The van der Waals surface area contributed by atoms with Crippen molar-refractivity contribution in [2.24, 2.45) is 5.92 Å². The first-order valence-corrected chi connectivity index (χ1v) is 6.68. The van der Waals surface area contributed by atoms with Gasteiger partial charge < -0.3 is 10.0 Å². The number of hydrogen-bond donors (Lipinski definition) is 1. The van der Waals surface area contributed by atoms with Gasteiger partial charge in [-0.2, -0.15) is 14.6 Å². The van der Waals surface area contributed by atoms with E-state index in [4.69, 9.17) is 0 Å². The lowest BCUT2D eigenvalue weighted by molar-refractivity contribution is 0.102. The number of β-amino-alcohol motifs (C(OH)–C–C–N with tert-alkyl or cyclic N) is 1. The van der Waals surface area contributed by atoms with Gasteiger partial charge in [-0.15, -0.1) is 0 Å². The molecule has 1 N–H and O–H groups in total. The second-order valence-corrected chi connectivity index (χ2v) is 5.40. The van der Waals surface area contributed by atoms with Crippen LogP contribution in [0.3, 0.4) is 0 Å². The topological polar surface area (TPSA) is 66.5 Å². The Hall–Kier alpha value is -1.69. The van der Waals surface area contributed by atoms with E-state index in [1.165, 1.54) is 6.33 Å². The zero-order valence-electron chi connectivity index (χ0n) is 11.5. The zero-order valence-corrected chi connectivity index (χ0v) is 11.5. The van der Waals surface area contributed by atoms with Gasteiger partial charge in [-0.25, -0.2) is 4.98 Å². The van der Waals surface area contributed by atoms with Crippen LogP contribution in [0.5, 0.6) is 0 Å². The predicted molar refractivity (Wildman–Crippen MR) is 72.3 cm³/mol. The van der Waals surface area contributed by atoms with Gasteiger partial charge in [-0.3, -0.25) is 0 Å². The first kappa shape index (κ1) is 12.3. The van der Waals surface area contributed by atoms with E-state index in [2.05, 4.69) is 26.9 Å². The predicted octanol–water partition coefficient (Wildman–Crippen LogP) is 0.948. The van der Waals surface area contributed by atoms with Crippen LogP contribution in [-0.4, -0.2) is 43.9 Å². The van der Waals surface area contributed by atoms with Gasteiger partial charge in [0.25, 0.3) is 5.78 Å². The smallest absolute Gasteiger partial charge is 0.254 e. The van der Waals surface area contributed by atoms with Crippen molar-refractivity contribution in [1.29, 1.82) is 0 Å². The molecule has 3 rings (SSSR count). The maximum Gasteiger partial charge on any atom is 0.254 e. The number of aliphatic hydroxyl groups is 1. The Bertz CT molecular complexity index is 608. The zero-order chi connectivity index (χ0) is 13.6. The number of rotatable bonds is 1. The molecule has 3 heterocycles. The summed E-state index contributed by atoms with van der Waals surface area (Å²) in [5.41, 5.74) is 2.06. The molecule has 2 aromatic rings. The molecule has 0 radical (unpaired) electrons. The number of aryl methyl sites for hydroxylation is 1.